The highest BCUT2D eigenvalue weighted by molar-refractivity contribution is 5.58. The average Bonchev–Trinajstić information content (AvgIpc) is 2.17. The Morgan fingerprint density at radius 3 is 2.00 bits per heavy atom. The van der Waals surface area contributed by atoms with Gasteiger partial charge in [0.05, 0.1) is 0 Å². The fraction of sp³-hybridized carbons (Fsp3) is 0.800. The lowest BCUT2D eigenvalue weighted by atomic mass is 10.1. The predicted octanol–water partition coefficient (Wildman–Crippen LogP) is -2.38. The Bertz CT molecular complexity index is 136. The van der Waals surface area contributed by atoms with Crippen LogP contribution in [0.3, 0.4) is 0 Å². The van der Waals surface area contributed by atoms with E-state index in [2.05, 4.69) is 4.74 Å². The SMILES string of the molecule is O=CC1OC(O)[C@H](O)[C@H]1O. The van der Waals surface area contributed by atoms with Crippen LogP contribution in [0, 0.1) is 0 Å². The Morgan fingerprint density at radius 1 is 1.20 bits per heavy atom. The van der Waals surface area contributed by atoms with Crippen LogP contribution in [0.2, 0.25) is 0 Å². The molecule has 0 aromatic carbocycles. The summed E-state index contributed by atoms with van der Waals surface area (Å²) in [5.41, 5.74) is 0. The molecule has 0 aromatic heterocycles. The molecule has 1 aliphatic heterocycles. The van der Waals surface area contributed by atoms with Gasteiger partial charge in [0.25, 0.3) is 0 Å². The van der Waals surface area contributed by atoms with E-state index in [9.17, 15) is 4.79 Å². The molecule has 3 N–H and O–H groups in total. The molecule has 2 unspecified atom stereocenters. The molecule has 4 atom stereocenters. The van der Waals surface area contributed by atoms with Gasteiger partial charge < -0.3 is 24.9 Å². The molecular weight excluding hydrogens is 140 g/mol. The first kappa shape index (κ1) is 7.62. The topological polar surface area (TPSA) is 87.0 Å². The molecule has 10 heavy (non-hydrogen) atoms. The lowest BCUT2D eigenvalue weighted by molar-refractivity contribution is -0.140. The number of carbonyl (C=O) groups excluding carboxylic acids is 1. The summed E-state index contributed by atoms with van der Waals surface area (Å²) in [6.45, 7) is 0. The number of carbonyl (C=O) groups is 1. The van der Waals surface area contributed by atoms with Gasteiger partial charge in [0.15, 0.2) is 12.6 Å². The van der Waals surface area contributed by atoms with Crippen molar-refractivity contribution >= 4 is 6.29 Å². The zero-order chi connectivity index (χ0) is 7.72. The van der Waals surface area contributed by atoms with E-state index in [1.165, 1.54) is 0 Å². The van der Waals surface area contributed by atoms with Gasteiger partial charge in [-0.25, -0.2) is 0 Å². The first-order valence-corrected chi connectivity index (χ1v) is 2.82. The molecule has 1 saturated heterocycles. The van der Waals surface area contributed by atoms with Gasteiger partial charge >= 0.3 is 0 Å². The standard InChI is InChI=1S/C5H8O5/c6-1-2-3(7)4(8)5(9)10-2/h1-5,7-9H/t2?,3-,4+,5?/m0/s1. The normalized spacial score (nSPS) is 47.5. The highest BCUT2D eigenvalue weighted by Gasteiger charge is 2.41. The van der Waals surface area contributed by atoms with Crippen molar-refractivity contribution in [2.45, 2.75) is 24.6 Å². The van der Waals surface area contributed by atoms with Crippen LogP contribution in [0.4, 0.5) is 0 Å². The third kappa shape index (κ3) is 1.04. The van der Waals surface area contributed by atoms with Gasteiger partial charge in [-0.2, -0.15) is 0 Å². The molecule has 1 fully saturated rings. The van der Waals surface area contributed by atoms with Gasteiger partial charge in [0, 0.05) is 0 Å². The molecule has 0 aliphatic carbocycles. The quantitative estimate of drug-likeness (QED) is 0.361. The molecule has 0 saturated carbocycles. The number of hydrogen-bond acceptors (Lipinski definition) is 5. The second-order valence-electron chi connectivity index (χ2n) is 2.11. The molecule has 0 amide bonds. The van der Waals surface area contributed by atoms with Crippen LogP contribution >= 0.6 is 0 Å². The van der Waals surface area contributed by atoms with Crippen molar-refractivity contribution in [1.29, 1.82) is 0 Å². The monoisotopic (exact) mass is 148 g/mol. The van der Waals surface area contributed by atoms with Crippen molar-refractivity contribution < 1.29 is 24.9 Å². The summed E-state index contributed by atoms with van der Waals surface area (Å²) >= 11 is 0. The largest absolute Gasteiger partial charge is 0.387 e. The summed E-state index contributed by atoms with van der Waals surface area (Å²) < 4.78 is 4.42. The molecule has 1 heterocycles. The Kier molecular flexibility index (Phi) is 2.00. The van der Waals surface area contributed by atoms with Crippen LogP contribution in [-0.2, 0) is 9.53 Å². The van der Waals surface area contributed by atoms with Crippen LogP contribution in [0.25, 0.3) is 0 Å². The molecular formula is C5H8O5. The lowest BCUT2D eigenvalue weighted by Crippen LogP contribution is -2.32. The first-order chi connectivity index (χ1) is 4.66. The fourth-order valence-electron chi connectivity index (χ4n) is 0.798. The van der Waals surface area contributed by atoms with Gasteiger partial charge in [0.2, 0.25) is 0 Å². The molecule has 0 aromatic rings. The third-order valence-electron chi connectivity index (χ3n) is 1.41. The van der Waals surface area contributed by atoms with Crippen LogP contribution < -0.4 is 0 Å². The Labute approximate surface area is 56.9 Å². The number of ether oxygens (including phenoxy) is 1. The highest BCUT2D eigenvalue weighted by atomic mass is 16.6. The number of aliphatic hydroxyl groups is 3. The van der Waals surface area contributed by atoms with Crippen molar-refractivity contribution in [3.63, 3.8) is 0 Å². The summed E-state index contributed by atoms with van der Waals surface area (Å²) in [6, 6.07) is 0. The molecule has 0 spiro atoms. The average molecular weight is 148 g/mol. The molecule has 5 heteroatoms. The van der Waals surface area contributed by atoms with E-state index in [1.54, 1.807) is 0 Å². The first-order valence-electron chi connectivity index (χ1n) is 2.82. The smallest absolute Gasteiger partial charge is 0.184 e. The minimum atomic E-state index is -1.45. The predicted molar refractivity (Wildman–Crippen MR) is 29.0 cm³/mol. The van der Waals surface area contributed by atoms with Crippen molar-refractivity contribution in [1.82, 2.24) is 0 Å². The second kappa shape index (κ2) is 2.63. The molecule has 0 radical (unpaired) electrons. The minimum absolute atomic E-state index is 0.337. The summed E-state index contributed by atoms with van der Waals surface area (Å²) in [5, 5.41) is 26.3. The highest BCUT2D eigenvalue weighted by Crippen LogP contribution is 2.17. The zero-order valence-corrected chi connectivity index (χ0v) is 5.04. The Hall–Kier alpha value is -0.490. The van der Waals surface area contributed by atoms with E-state index < -0.39 is 24.6 Å². The van der Waals surface area contributed by atoms with Gasteiger partial charge in [0.1, 0.15) is 18.3 Å². The maximum absolute atomic E-state index is 10.0. The van der Waals surface area contributed by atoms with E-state index in [-0.39, 0.29) is 0 Å². The van der Waals surface area contributed by atoms with Crippen LogP contribution in [0.1, 0.15) is 0 Å². The van der Waals surface area contributed by atoms with Gasteiger partial charge in [-0.1, -0.05) is 0 Å². The summed E-state index contributed by atoms with van der Waals surface area (Å²) in [6.07, 6.45) is -4.91. The van der Waals surface area contributed by atoms with Crippen molar-refractivity contribution in [3.8, 4) is 0 Å². The van der Waals surface area contributed by atoms with E-state index in [0.717, 1.165) is 0 Å². The van der Waals surface area contributed by atoms with E-state index >= 15 is 0 Å². The maximum Gasteiger partial charge on any atom is 0.184 e. The number of hydrogen-bond donors (Lipinski definition) is 3. The minimum Gasteiger partial charge on any atom is -0.387 e. The number of aliphatic hydroxyl groups excluding tert-OH is 3. The van der Waals surface area contributed by atoms with Gasteiger partial charge in [-0.3, -0.25) is 0 Å². The number of rotatable bonds is 1. The summed E-state index contributed by atoms with van der Waals surface area (Å²) in [5.74, 6) is 0. The molecule has 5 nitrogen and oxygen atoms in total. The Morgan fingerprint density at radius 2 is 1.80 bits per heavy atom. The molecule has 1 rings (SSSR count). The molecule has 0 bridgehead atoms. The molecule has 58 valence electrons. The van der Waals surface area contributed by atoms with Crippen LogP contribution in [-0.4, -0.2) is 46.2 Å². The van der Waals surface area contributed by atoms with Crippen LogP contribution in [0.5, 0.6) is 0 Å². The second-order valence-corrected chi connectivity index (χ2v) is 2.11. The zero-order valence-electron chi connectivity index (χ0n) is 5.04. The number of aldehydes is 1. The van der Waals surface area contributed by atoms with E-state index in [1.807, 2.05) is 0 Å². The van der Waals surface area contributed by atoms with E-state index in [4.69, 9.17) is 15.3 Å². The van der Waals surface area contributed by atoms with Gasteiger partial charge in [-0.15, -0.1) is 0 Å². The summed E-state index contributed by atoms with van der Waals surface area (Å²) in [4.78, 5) is 10.0. The lowest BCUT2D eigenvalue weighted by Gasteiger charge is -2.06. The maximum atomic E-state index is 10.0. The van der Waals surface area contributed by atoms with Gasteiger partial charge in [-0.05, 0) is 0 Å². The molecule has 1 aliphatic rings. The van der Waals surface area contributed by atoms with Crippen LogP contribution in [0.15, 0.2) is 0 Å². The van der Waals surface area contributed by atoms with E-state index in [0.29, 0.717) is 6.29 Å². The third-order valence-corrected chi connectivity index (χ3v) is 1.41. The van der Waals surface area contributed by atoms with Crippen molar-refractivity contribution in [2.24, 2.45) is 0 Å². The van der Waals surface area contributed by atoms with Crippen molar-refractivity contribution in [2.75, 3.05) is 0 Å². The summed E-state index contributed by atoms with van der Waals surface area (Å²) in [7, 11) is 0. The Balaban J connectivity index is 2.61. The fourth-order valence-corrected chi connectivity index (χ4v) is 0.798. The van der Waals surface area contributed by atoms with Crippen molar-refractivity contribution in [3.05, 3.63) is 0 Å².